The molecule has 46 heavy (non-hydrogen) atoms. The highest BCUT2D eigenvalue weighted by Crippen LogP contribution is 2.47. The van der Waals surface area contributed by atoms with Crippen LogP contribution in [0.15, 0.2) is 89.3 Å². The first kappa shape index (κ1) is 32.2. The maximum atomic E-state index is 14.1. The minimum Gasteiger partial charge on any atom is -0.493 e. The van der Waals surface area contributed by atoms with Crippen LogP contribution in [0, 0.1) is 0 Å². The quantitative estimate of drug-likeness (QED) is 0.163. The maximum absolute atomic E-state index is 14.1. The molecule has 3 aromatic rings. The topological polar surface area (TPSA) is 119 Å². The van der Waals surface area contributed by atoms with Crippen molar-refractivity contribution in [2.24, 2.45) is 0 Å². The lowest BCUT2D eigenvalue weighted by Gasteiger charge is -2.37. The van der Waals surface area contributed by atoms with Gasteiger partial charge in [-0.1, -0.05) is 30.3 Å². The minimum absolute atomic E-state index is 0.00711. The zero-order valence-electron chi connectivity index (χ0n) is 26.5. The molecule has 10 heteroatoms. The van der Waals surface area contributed by atoms with Gasteiger partial charge in [0.05, 0.1) is 26.9 Å². The molecule has 2 aliphatic rings. The van der Waals surface area contributed by atoms with Gasteiger partial charge in [-0.15, -0.1) is 0 Å². The minimum atomic E-state index is -0.752. The molecule has 1 aliphatic carbocycles. The van der Waals surface area contributed by atoms with Crippen LogP contribution in [0.25, 0.3) is 0 Å². The third kappa shape index (κ3) is 6.86. The van der Waals surface area contributed by atoms with E-state index in [-0.39, 0.29) is 37.1 Å². The van der Waals surface area contributed by atoms with E-state index in [0.29, 0.717) is 51.8 Å². The summed E-state index contributed by atoms with van der Waals surface area (Å²) in [6.07, 6.45) is 0.752. The van der Waals surface area contributed by atoms with Gasteiger partial charge in [0.25, 0.3) is 0 Å². The fourth-order valence-corrected chi connectivity index (χ4v) is 5.98. The van der Waals surface area contributed by atoms with E-state index in [1.807, 2.05) is 48.5 Å². The summed E-state index contributed by atoms with van der Waals surface area (Å²) in [6, 6.07) is 19.9. The van der Waals surface area contributed by atoms with Crippen molar-refractivity contribution in [2.45, 2.75) is 38.5 Å². The van der Waals surface area contributed by atoms with Gasteiger partial charge < -0.3 is 33.7 Å². The van der Waals surface area contributed by atoms with Gasteiger partial charge in [0, 0.05) is 36.2 Å². The van der Waals surface area contributed by atoms with Crippen LogP contribution in [-0.4, -0.2) is 52.3 Å². The second-order valence-electron chi connectivity index (χ2n) is 10.9. The molecule has 240 valence electrons. The second kappa shape index (κ2) is 14.2. The summed E-state index contributed by atoms with van der Waals surface area (Å²) in [6.45, 7) is 3.26. The summed E-state index contributed by atoms with van der Waals surface area (Å²) in [5, 5.41) is 3.36. The molecule has 1 heterocycles. The maximum Gasteiger partial charge on any atom is 0.336 e. The van der Waals surface area contributed by atoms with E-state index in [4.69, 9.17) is 28.4 Å². The highest BCUT2D eigenvalue weighted by atomic mass is 16.6. The Hall–Kier alpha value is -5.25. The van der Waals surface area contributed by atoms with Crippen molar-refractivity contribution in [1.82, 2.24) is 5.32 Å². The van der Waals surface area contributed by atoms with Gasteiger partial charge in [-0.25, -0.2) is 4.79 Å². The Bertz CT molecular complexity index is 1690. The first-order valence-electron chi connectivity index (χ1n) is 14.9. The molecule has 3 aromatic carbocycles. The molecule has 0 bridgehead atoms. The van der Waals surface area contributed by atoms with Crippen molar-refractivity contribution >= 4 is 17.7 Å². The van der Waals surface area contributed by atoms with E-state index < -0.39 is 17.9 Å². The molecular weight excluding hydrogens is 590 g/mol. The van der Waals surface area contributed by atoms with Gasteiger partial charge in [-0.3, -0.25) is 9.59 Å². The van der Waals surface area contributed by atoms with Crippen LogP contribution >= 0.6 is 0 Å². The van der Waals surface area contributed by atoms with Gasteiger partial charge >= 0.3 is 11.9 Å². The number of dihydropyridines is 1. The van der Waals surface area contributed by atoms with Gasteiger partial charge in [0.2, 0.25) is 0 Å². The van der Waals surface area contributed by atoms with Crippen LogP contribution in [0.3, 0.4) is 0 Å². The van der Waals surface area contributed by atoms with E-state index >= 15 is 0 Å². The average molecular weight is 628 g/mol. The largest absolute Gasteiger partial charge is 0.493 e. The summed E-state index contributed by atoms with van der Waals surface area (Å²) in [4.78, 5) is 39.5. The molecule has 0 spiro atoms. The van der Waals surface area contributed by atoms with E-state index in [1.165, 1.54) is 14.0 Å². The molecule has 0 saturated heterocycles. The van der Waals surface area contributed by atoms with Crippen LogP contribution < -0.4 is 29.0 Å². The number of ether oxygens (including phenoxy) is 6. The number of para-hydroxylation sites is 1. The third-order valence-electron chi connectivity index (χ3n) is 8.03. The number of allylic oxidation sites excluding steroid dienone is 3. The van der Waals surface area contributed by atoms with Crippen molar-refractivity contribution in [3.8, 4) is 28.7 Å². The van der Waals surface area contributed by atoms with Crippen LogP contribution in [0.1, 0.15) is 49.7 Å². The Morgan fingerprint density at radius 2 is 1.46 bits per heavy atom. The number of rotatable bonds is 11. The molecule has 0 radical (unpaired) electrons. The molecule has 1 N–H and O–H groups in total. The number of methoxy groups -OCH3 is 3. The number of carbonyl (C=O) groups is 3. The molecule has 10 nitrogen and oxygen atoms in total. The van der Waals surface area contributed by atoms with Crippen molar-refractivity contribution < 1.29 is 42.8 Å². The number of benzene rings is 3. The lowest BCUT2D eigenvalue weighted by Crippen LogP contribution is -2.36. The number of nitrogens with one attached hydrogen (secondary N) is 1. The molecule has 0 fully saturated rings. The highest BCUT2D eigenvalue weighted by molar-refractivity contribution is 6.04. The molecule has 2 atom stereocenters. The summed E-state index contributed by atoms with van der Waals surface area (Å²) < 4.78 is 33.1. The lowest BCUT2D eigenvalue weighted by atomic mass is 9.71. The van der Waals surface area contributed by atoms with Crippen molar-refractivity contribution in [2.75, 3.05) is 34.5 Å². The Labute approximate surface area is 267 Å². The monoisotopic (exact) mass is 627 g/mol. The second-order valence-corrected chi connectivity index (χ2v) is 10.9. The van der Waals surface area contributed by atoms with Crippen LogP contribution in [-0.2, 0) is 19.1 Å². The summed E-state index contributed by atoms with van der Waals surface area (Å²) in [5.41, 5.74) is 3.64. The first-order valence-corrected chi connectivity index (χ1v) is 14.9. The zero-order valence-corrected chi connectivity index (χ0v) is 26.5. The summed E-state index contributed by atoms with van der Waals surface area (Å²) in [7, 11) is 4.61. The Morgan fingerprint density at radius 3 is 2.15 bits per heavy atom. The fourth-order valence-electron chi connectivity index (χ4n) is 5.98. The van der Waals surface area contributed by atoms with Crippen LogP contribution in [0.5, 0.6) is 28.7 Å². The zero-order chi connectivity index (χ0) is 32.8. The van der Waals surface area contributed by atoms with Gasteiger partial charge in [0.15, 0.2) is 28.8 Å². The lowest BCUT2D eigenvalue weighted by molar-refractivity contribution is -0.140. The predicted molar refractivity (Wildman–Crippen MR) is 169 cm³/mol. The number of hydrogen-bond acceptors (Lipinski definition) is 10. The predicted octanol–water partition coefficient (Wildman–Crippen LogP) is 5.62. The molecule has 0 aromatic heterocycles. The number of hydrogen-bond donors (Lipinski definition) is 1. The molecule has 0 saturated carbocycles. The smallest absolute Gasteiger partial charge is 0.336 e. The Kier molecular flexibility index (Phi) is 9.95. The summed E-state index contributed by atoms with van der Waals surface area (Å²) >= 11 is 0. The van der Waals surface area contributed by atoms with Crippen molar-refractivity contribution in [3.63, 3.8) is 0 Å². The molecular formula is C36H37NO9. The van der Waals surface area contributed by atoms with Gasteiger partial charge in [-0.05, 0) is 66.8 Å². The molecule has 0 amide bonds. The third-order valence-corrected chi connectivity index (χ3v) is 8.03. The van der Waals surface area contributed by atoms with E-state index in [0.717, 1.165) is 11.3 Å². The van der Waals surface area contributed by atoms with E-state index in [2.05, 4.69) is 5.32 Å². The normalized spacial score (nSPS) is 17.5. The Morgan fingerprint density at radius 1 is 0.804 bits per heavy atom. The molecule has 0 unspecified atom stereocenters. The number of ketones is 1. The van der Waals surface area contributed by atoms with E-state index in [9.17, 15) is 14.4 Å². The van der Waals surface area contributed by atoms with Crippen LogP contribution in [0.2, 0.25) is 0 Å². The standard InChI is InChI=1S/C36H37NO9/c1-21-33(36(40)45-16-15-44-26-9-7-6-8-10-26)34(24-12-14-30(46-22(2)38)32(20-24)43-5)35-27(37-21)17-25(18-28(35)39)23-11-13-29(41-3)31(19-23)42-4/h6-14,19-20,25,34,37H,15-18H2,1-5H3/t25-,34-/m1/s1. The average Bonchev–Trinajstić information content (AvgIpc) is 3.06. The molecule has 5 rings (SSSR count). The van der Waals surface area contributed by atoms with E-state index in [1.54, 1.807) is 39.3 Å². The first-order chi connectivity index (χ1) is 22.2. The number of carbonyl (C=O) groups excluding carboxylic acids is 3. The van der Waals surface area contributed by atoms with Crippen molar-refractivity contribution in [3.05, 3.63) is 100 Å². The highest BCUT2D eigenvalue weighted by Gasteiger charge is 2.42. The Balaban J connectivity index is 1.49. The van der Waals surface area contributed by atoms with Crippen molar-refractivity contribution in [1.29, 1.82) is 0 Å². The number of Topliss-reactive ketones (excluding diaryl/α,β-unsaturated/α-hetero) is 1. The van der Waals surface area contributed by atoms with Gasteiger partial charge in [-0.2, -0.15) is 0 Å². The summed E-state index contributed by atoms with van der Waals surface area (Å²) in [5.74, 6) is 0.314. The SMILES string of the molecule is COc1ccc([C@H]2CC(=O)C3=C(C2)NC(C)=C(C(=O)OCCOc2ccccc2)[C@H]3c2ccc(OC(C)=O)c(OC)c2)cc1OC. The fraction of sp³-hybridized carbons (Fsp3) is 0.306. The molecule has 1 aliphatic heterocycles. The van der Waals surface area contributed by atoms with Gasteiger partial charge in [0.1, 0.15) is 19.0 Å². The van der Waals surface area contributed by atoms with Crippen LogP contribution in [0.4, 0.5) is 0 Å². The number of esters is 2.